The number of hydrogen-bond donors (Lipinski definition) is 2. The number of piperidine rings is 1. The normalized spacial score (nSPS) is 21.7. The van der Waals surface area contributed by atoms with Crippen LogP contribution in [0.25, 0.3) is 0 Å². The van der Waals surface area contributed by atoms with E-state index in [1.165, 1.54) is 17.1 Å². The molecule has 1 aliphatic heterocycles. The van der Waals surface area contributed by atoms with Crippen molar-refractivity contribution in [3.63, 3.8) is 0 Å². The molecule has 2 amide bonds. The van der Waals surface area contributed by atoms with Crippen molar-refractivity contribution in [2.24, 2.45) is 0 Å². The molecule has 0 spiro atoms. The second kappa shape index (κ2) is 12.9. The van der Waals surface area contributed by atoms with Gasteiger partial charge in [-0.05, 0) is 63.0 Å². The fourth-order valence-electron chi connectivity index (χ4n) is 5.24. The third-order valence-corrected chi connectivity index (χ3v) is 6.97. The maximum atomic E-state index is 14.3. The number of aliphatic hydroxyl groups is 1. The van der Waals surface area contributed by atoms with E-state index in [9.17, 15) is 14.3 Å². The number of carbonyl (C=O) groups is 1. The summed E-state index contributed by atoms with van der Waals surface area (Å²) in [7, 11) is 0. The van der Waals surface area contributed by atoms with Crippen LogP contribution in [-0.4, -0.2) is 73.3 Å². The second-order valence-electron chi connectivity index (χ2n) is 10.1. The summed E-state index contributed by atoms with van der Waals surface area (Å²) in [5, 5.41) is 10.1. The number of allylic oxidation sites excluding steroid dienone is 2. The number of urea groups is 1. The first kappa shape index (κ1) is 27.6. The van der Waals surface area contributed by atoms with Gasteiger partial charge in [-0.25, -0.2) is 14.2 Å². The minimum atomic E-state index is -0.469. The van der Waals surface area contributed by atoms with Gasteiger partial charge in [-0.1, -0.05) is 24.3 Å². The van der Waals surface area contributed by atoms with Crippen molar-refractivity contribution in [2.45, 2.75) is 70.4 Å². The van der Waals surface area contributed by atoms with Crippen molar-refractivity contribution in [3.8, 4) is 5.75 Å². The molecule has 1 aromatic carbocycles. The number of aromatic amines is 1. The molecular formula is C29H38FN5O3. The molecular weight excluding hydrogens is 485 g/mol. The van der Waals surface area contributed by atoms with Gasteiger partial charge in [-0.3, -0.25) is 9.80 Å². The minimum absolute atomic E-state index is 0.0272. The van der Waals surface area contributed by atoms with Gasteiger partial charge in [-0.2, -0.15) is 0 Å². The lowest BCUT2D eigenvalue weighted by molar-refractivity contribution is 0.0445. The summed E-state index contributed by atoms with van der Waals surface area (Å²) in [6, 6.07) is 7.22. The number of likely N-dealkylation sites (tertiary alicyclic amines) is 1. The average molecular weight is 524 g/mol. The van der Waals surface area contributed by atoms with E-state index >= 15 is 0 Å². The van der Waals surface area contributed by atoms with E-state index in [4.69, 9.17) is 4.74 Å². The molecule has 0 radical (unpaired) electrons. The maximum absolute atomic E-state index is 14.3. The molecule has 9 heteroatoms. The number of nitrogens with one attached hydrogen (secondary N) is 1. The van der Waals surface area contributed by atoms with Gasteiger partial charge >= 0.3 is 6.03 Å². The molecule has 2 aliphatic rings. The topological polar surface area (TPSA) is 84.9 Å². The van der Waals surface area contributed by atoms with Crippen molar-refractivity contribution >= 4 is 6.03 Å². The van der Waals surface area contributed by atoms with Gasteiger partial charge in [0.2, 0.25) is 0 Å². The number of halogens is 1. The van der Waals surface area contributed by atoms with Crippen LogP contribution in [0.15, 0.2) is 73.4 Å². The first-order chi connectivity index (χ1) is 18.4. The quantitative estimate of drug-likeness (QED) is 0.346. The predicted octanol–water partition coefficient (Wildman–Crippen LogP) is 4.77. The first-order valence-electron chi connectivity index (χ1n) is 13.2. The van der Waals surface area contributed by atoms with Crippen molar-refractivity contribution in [2.75, 3.05) is 13.3 Å². The highest BCUT2D eigenvalue weighted by Gasteiger charge is 2.38. The van der Waals surface area contributed by atoms with Crippen molar-refractivity contribution in [1.82, 2.24) is 24.7 Å². The summed E-state index contributed by atoms with van der Waals surface area (Å²) in [4.78, 5) is 26.4. The fourth-order valence-corrected chi connectivity index (χ4v) is 5.24. The standard InChI is InChI=1S/C29H38FN5O3/c1-4-24-17-26(11-14-33(24)18-22-7-5-10-27(15-22)38-21(2)3)35(25-9-6-8-23(30)16-25)29(37)34(20-36)19-28-31-12-13-32-28/h4-8,10,12-13,15-16,21,24-26,36H,1,9,11,14,17-20H2,2-3H3,(H,31,32)/t24?,25-,26+/m0/s1. The smallest absolute Gasteiger partial charge is 0.323 e. The van der Waals surface area contributed by atoms with Crippen LogP contribution in [-0.2, 0) is 13.1 Å². The van der Waals surface area contributed by atoms with Crippen LogP contribution in [0.2, 0.25) is 0 Å². The number of carbonyl (C=O) groups excluding carboxylic acids is 1. The predicted molar refractivity (Wildman–Crippen MR) is 145 cm³/mol. The van der Waals surface area contributed by atoms with Crippen LogP contribution in [0.4, 0.5) is 9.18 Å². The third kappa shape index (κ3) is 6.90. The largest absolute Gasteiger partial charge is 0.491 e. The zero-order valence-corrected chi connectivity index (χ0v) is 22.2. The highest BCUT2D eigenvalue weighted by atomic mass is 19.1. The molecule has 0 saturated carbocycles. The third-order valence-electron chi connectivity index (χ3n) is 6.97. The lowest BCUT2D eigenvalue weighted by Crippen LogP contribution is -2.57. The molecule has 2 heterocycles. The van der Waals surface area contributed by atoms with E-state index in [2.05, 4.69) is 33.6 Å². The van der Waals surface area contributed by atoms with Crippen LogP contribution in [0.1, 0.15) is 44.5 Å². The monoisotopic (exact) mass is 523 g/mol. The highest BCUT2D eigenvalue weighted by molar-refractivity contribution is 5.75. The molecule has 1 aliphatic carbocycles. The molecule has 2 aromatic rings. The molecule has 204 valence electrons. The van der Waals surface area contributed by atoms with E-state index in [0.717, 1.165) is 24.4 Å². The Bertz CT molecular complexity index is 1130. The summed E-state index contributed by atoms with van der Waals surface area (Å²) in [6.07, 6.45) is 11.9. The summed E-state index contributed by atoms with van der Waals surface area (Å²) in [5.74, 6) is 1.06. The second-order valence-corrected chi connectivity index (χ2v) is 10.1. The van der Waals surface area contributed by atoms with Crippen LogP contribution in [0, 0.1) is 0 Å². The number of imidazole rings is 1. The van der Waals surface area contributed by atoms with Gasteiger partial charge in [0.05, 0.1) is 18.7 Å². The van der Waals surface area contributed by atoms with E-state index in [1.54, 1.807) is 23.4 Å². The van der Waals surface area contributed by atoms with Gasteiger partial charge < -0.3 is 19.7 Å². The molecule has 2 N–H and O–H groups in total. The van der Waals surface area contributed by atoms with Crippen LogP contribution < -0.4 is 4.74 Å². The number of ether oxygens (including phenoxy) is 1. The van der Waals surface area contributed by atoms with Gasteiger partial charge in [-0.15, -0.1) is 6.58 Å². The lowest BCUT2D eigenvalue weighted by Gasteiger charge is -2.46. The number of aliphatic hydroxyl groups excluding tert-OH is 1. The Balaban J connectivity index is 1.52. The Kier molecular flexibility index (Phi) is 9.36. The Morgan fingerprint density at radius 3 is 2.95 bits per heavy atom. The fraction of sp³-hybridized carbons (Fsp3) is 0.448. The Morgan fingerprint density at radius 1 is 1.42 bits per heavy atom. The van der Waals surface area contributed by atoms with Crippen molar-refractivity contribution < 1.29 is 19.0 Å². The number of nitrogens with zero attached hydrogens (tertiary/aromatic N) is 4. The van der Waals surface area contributed by atoms with E-state index in [0.29, 0.717) is 25.1 Å². The van der Waals surface area contributed by atoms with E-state index in [1.807, 2.05) is 32.1 Å². The molecule has 1 unspecified atom stereocenters. The van der Waals surface area contributed by atoms with Crippen LogP contribution in [0.5, 0.6) is 5.75 Å². The highest BCUT2D eigenvalue weighted by Crippen LogP contribution is 2.30. The summed E-state index contributed by atoms with van der Waals surface area (Å²) in [5.41, 5.74) is 1.15. The van der Waals surface area contributed by atoms with Crippen LogP contribution in [0.3, 0.4) is 0 Å². The van der Waals surface area contributed by atoms with Crippen molar-refractivity contribution in [3.05, 3.63) is 84.8 Å². The molecule has 8 nitrogen and oxygen atoms in total. The Morgan fingerprint density at radius 2 is 2.26 bits per heavy atom. The SMILES string of the molecule is C=CC1C[C@H](N(C(=O)N(CO)Cc2ncc[nH]2)[C@@H]2C=C(F)C=CC2)CCN1Cc1cccc(OC(C)C)c1. The average Bonchev–Trinajstić information content (AvgIpc) is 3.41. The Labute approximate surface area is 224 Å². The van der Waals surface area contributed by atoms with Crippen LogP contribution >= 0.6 is 0 Å². The number of rotatable bonds is 10. The molecule has 38 heavy (non-hydrogen) atoms. The number of aromatic nitrogens is 2. The first-order valence-corrected chi connectivity index (χ1v) is 13.2. The number of hydrogen-bond acceptors (Lipinski definition) is 5. The molecule has 0 bridgehead atoms. The molecule has 1 saturated heterocycles. The van der Waals surface area contributed by atoms with Crippen molar-refractivity contribution in [1.29, 1.82) is 0 Å². The van der Waals surface area contributed by atoms with Gasteiger partial charge in [0, 0.05) is 37.6 Å². The zero-order valence-electron chi connectivity index (χ0n) is 22.2. The maximum Gasteiger partial charge on any atom is 0.323 e. The van der Waals surface area contributed by atoms with Gasteiger partial charge in [0.25, 0.3) is 0 Å². The minimum Gasteiger partial charge on any atom is -0.491 e. The molecule has 3 atom stereocenters. The van der Waals surface area contributed by atoms with Gasteiger partial charge in [0.15, 0.2) is 0 Å². The summed E-state index contributed by atoms with van der Waals surface area (Å²) in [6.45, 7) is 9.23. The summed E-state index contributed by atoms with van der Waals surface area (Å²) < 4.78 is 20.2. The Hall–Kier alpha value is -3.43. The zero-order chi connectivity index (χ0) is 27.1. The number of amides is 2. The molecule has 4 rings (SSSR count). The summed E-state index contributed by atoms with van der Waals surface area (Å²) >= 11 is 0. The van der Waals surface area contributed by atoms with E-state index in [-0.39, 0.29) is 36.6 Å². The number of benzene rings is 1. The lowest BCUT2D eigenvalue weighted by atomic mass is 9.92. The van der Waals surface area contributed by atoms with Gasteiger partial charge in [0.1, 0.15) is 24.1 Å². The van der Waals surface area contributed by atoms with E-state index < -0.39 is 12.8 Å². The number of H-pyrrole nitrogens is 1. The molecule has 1 aromatic heterocycles. The molecule has 1 fully saturated rings.